The van der Waals surface area contributed by atoms with Gasteiger partial charge in [0.25, 0.3) is 0 Å². The summed E-state index contributed by atoms with van der Waals surface area (Å²) in [4.78, 5) is 25.5. The molecule has 1 aromatic heterocycles. The second kappa shape index (κ2) is 14.8. The zero-order valence-corrected chi connectivity index (χ0v) is 31.6. The van der Waals surface area contributed by atoms with Crippen LogP contribution in [0.5, 0.6) is 0 Å². The van der Waals surface area contributed by atoms with E-state index in [-0.39, 0.29) is 46.0 Å². The zero-order chi connectivity index (χ0) is 32.9. The lowest BCUT2D eigenvalue weighted by Crippen LogP contribution is -2.45. The lowest BCUT2D eigenvalue weighted by molar-refractivity contribution is -0.151. The van der Waals surface area contributed by atoms with Crippen LogP contribution < -0.4 is 0 Å². The predicted octanol–water partition coefficient (Wildman–Crippen LogP) is 10.8. The zero-order valence-electron chi connectivity index (χ0n) is 28.8. The molecule has 1 aliphatic rings. The molecule has 4 nitrogen and oxygen atoms in total. The molecule has 1 aliphatic carbocycles. The molecule has 0 unspecified atom stereocenters. The molecule has 0 aliphatic heterocycles. The minimum absolute atomic E-state index is 0.0391. The number of fused-ring (bicyclic) bond motifs is 1. The summed E-state index contributed by atoms with van der Waals surface area (Å²) in [7, 11) is -4.54. The van der Waals surface area contributed by atoms with E-state index in [9.17, 15) is 9.59 Å². The Hall–Kier alpha value is -1.78. The van der Waals surface area contributed by atoms with Crippen molar-refractivity contribution in [3.8, 4) is 0 Å². The summed E-state index contributed by atoms with van der Waals surface area (Å²) in [6.07, 6.45) is 12.6. The van der Waals surface area contributed by atoms with Gasteiger partial charge in [0, 0.05) is 40.2 Å². The molecule has 44 heavy (non-hydrogen) atoms. The Morgan fingerprint density at radius 2 is 1.77 bits per heavy atom. The Morgan fingerprint density at radius 3 is 2.36 bits per heavy atom. The van der Waals surface area contributed by atoms with E-state index in [0.29, 0.717) is 12.8 Å². The molecule has 0 spiro atoms. The average molecular weight is 655 g/mol. The quantitative estimate of drug-likeness (QED) is 0.0898. The van der Waals surface area contributed by atoms with Crippen molar-refractivity contribution in [3.05, 3.63) is 72.7 Å². The highest BCUT2D eigenvalue weighted by molar-refractivity contribution is 7.19. The maximum Gasteiger partial charge on any atom is 0.306 e. The fourth-order valence-electron chi connectivity index (χ4n) is 5.80. The van der Waals surface area contributed by atoms with Crippen molar-refractivity contribution in [1.82, 2.24) is 0 Å². The first-order valence-corrected chi connectivity index (χ1v) is 23.1. The summed E-state index contributed by atoms with van der Waals surface area (Å²) in [5.74, 6) is 0.204. The van der Waals surface area contributed by atoms with Gasteiger partial charge in [-0.3, -0.25) is 4.79 Å². The molecule has 1 aromatic carbocycles. The van der Waals surface area contributed by atoms with E-state index < -0.39 is 16.6 Å². The van der Waals surface area contributed by atoms with Crippen molar-refractivity contribution in [2.75, 3.05) is 0 Å². The molecule has 5 atom stereocenters. The van der Waals surface area contributed by atoms with E-state index in [2.05, 4.69) is 103 Å². The molecule has 7 heteroatoms. The van der Waals surface area contributed by atoms with E-state index >= 15 is 0 Å². The van der Waals surface area contributed by atoms with Crippen LogP contribution >= 0.6 is 11.3 Å². The van der Waals surface area contributed by atoms with Crippen LogP contribution in [0.3, 0.4) is 0 Å². The Morgan fingerprint density at radius 1 is 1.09 bits per heavy atom. The third-order valence-corrected chi connectivity index (χ3v) is 19.7. The minimum Gasteiger partial charge on any atom is -0.462 e. The van der Waals surface area contributed by atoms with Gasteiger partial charge < -0.3 is 14.0 Å². The maximum absolute atomic E-state index is 12.9. The van der Waals surface area contributed by atoms with Gasteiger partial charge in [0.1, 0.15) is 6.10 Å². The van der Waals surface area contributed by atoms with E-state index in [1.165, 1.54) is 15.0 Å². The summed E-state index contributed by atoms with van der Waals surface area (Å²) >= 11 is 1.85. The van der Waals surface area contributed by atoms with Gasteiger partial charge in [0.05, 0.1) is 6.10 Å². The normalized spacial score (nSPS) is 22.4. The molecule has 1 heterocycles. The van der Waals surface area contributed by atoms with Crippen LogP contribution in [0.1, 0.15) is 83.9 Å². The lowest BCUT2D eigenvalue weighted by atomic mass is 9.87. The van der Waals surface area contributed by atoms with Crippen molar-refractivity contribution in [2.24, 2.45) is 11.8 Å². The number of carbonyl (C=O) groups is 1. The van der Waals surface area contributed by atoms with Gasteiger partial charge in [-0.25, -0.2) is 0 Å². The third kappa shape index (κ3) is 9.15. The van der Waals surface area contributed by atoms with Crippen LogP contribution in [0.2, 0.25) is 36.3 Å². The van der Waals surface area contributed by atoms with Crippen molar-refractivity contribution in [2.45, 2.75) is 128 Å². The van der Waals surface area contributed by atoms with Crippen LogP contribution in [-0.2, 0) is 14.0 Å². The van der Waals surface area contributed by atoms with Crippen LogP contribution in [0, 0.1) is 11.8 Å². The molecule has 1 saturated carbocycles. The number of esters is 1. The number of ether oxygens (including phenoxy) is 1. The van der Waals surface area contributed by atoms with Crippen molar-refractivity contribution < 1.29 is 18.8 Å². The first-order valence-electron chi connectivity index (χ1n) is 16.4. The van der Waals surface area contributed by atoms with Crippen molar-refractivity contribution in [1.29, 1.82) is 0 Å². The summed E-state index contributed by atoms with van der Waals surface area (Å²) in [6, 6.07) is 10.9. The number of hydrogen-bond donors (Lipinski definition) is 1. The van der Waals surface area contributed by atoms with Gasteiger partial charge >= 0.3 is 5.97 Å². The molecular weight excluding hydrogens is 597 g/mol. The summed E-state index contributed by atoms with van der Waals surface area (Å²) in [5.41, 5.74) is 0. The van der Waals surface area contributed by atoms with Gasteiger partial charge in [0.15, 0.2) is 16.6 Å². The number of hydrogen-bond acceptors (Lipinski definition) is 5. The topological polar surface area (TPSA) is 55.8 Å². The standard InChI is InChI=1S/C37H58O4SSi2/c1-12-14-15-21-35(38)40-31-25-32(41-44(10,11)36(3,4)5)30(29(31)18-13-2)23-22-28(26-37(6,7)43(8,9)39)34-24-27-19-16-17-20-33(27)42-34/h12-13,16-17,19-20,22-24,28-32,39H,1-2,14-15,18,21,25-26H2,3-11H3/b23-22+/t28-,29+,30+,31-,32+/m0/s1. The largest absolute Gasteiger partial charge is 0.462 e. The molecule has 0 saturated heterocycles. The fourth-order valence-corrected chi connectivity index (χ4v) is 9.03. The summed E-state index contributed by atoms with van der Waals surface area (Å²) in [6.45, 7) is 27.8. The van der Waals surface area contributed by atoms with Gasteiger partial charge in [-0.05, 0) is 79.5 Å². The SMILES string of the molecule is C=CCCCC(=O)O[C@H]1C[C@@H](O[Si](C)(C)C(C)(C)C)[C@H](/C=C/[C@@H](CC(C)(C)[Si](C)(C)O)c2cc3ccccc3s2)[C@H]1CC=C. The highest BCUT2D eigenvalue weighted by Gasteiger charge is 2.49. The second-order valence-electron chi connectivity index (χ2n) is 15.5. The first kappa shape index (κ1) is 36.7. The molecule has 2 aromatic rings. The number of rotatable bonds is 15. The number of allylic oxidation sites excluding steroid dienone is 3. The number of carbonyl (C=O) groups excluding carboxylic acids is 1. The van der Waals surface area contributed by atoms with Crippen molar-refractivity contribution in [3.63, 3.8) is 0 Å². The van der Waals surface area contributed by atoms with Crippen molar-refractivity contribution >= 4 is 44.0 Å². The van der Waals surface area contributed by atoms with Gasteiger partial charge in [0.2, 0.25) is 0 Å². The molecule has 0 radical (unpaired) electrons. The first-order chi connectivity index (χ1) is 20.4. The average Bonchev–Trinajstić information content (AvgIpc) is 3.46. The van der Waals surface area contributed by atoms with Crippen LogP contribution in [0.25, 0.3) is 10.1 Å². The molecule has 0 bridgehead atoms. The molecule has 1 N–H and O–H groups in total. The highest BCUT2D eigenvalue weighted by Crippen LogP contribution is 2.49. The second-order valence-corrected chi connectivity index (χ2v) is 25.8. The Balaban J connectivity index is 2.03. The molecule has 0 amide bonds. The predicted molar refractivity (Wildman–Crippen MR) is 194 cm³/mol. The molecule has 3 rings (SSSR count). The highest BCUT2D eigenvalue weighted by atomic mass is 32.1. The van der Waals surface area contributed by atoms with E-state index in [4.69, 9.17) is 9.16 Å². The Bertz CT molecular complexity index is 1260. The van der Waals surface area contributed by atoms with Crippen LogP contribution in [-0.4, -0.2) is 39.6 Å². The number of thiophene rings is 1. The van der Waals surface area contributed by atoms with Crippen LogP contribution in [0.15, 0.2) is 67.8 Å². The van der Waals surface area contributed by atoms with Gasteiger partial charge in [-0.15, -0.1) is 24.5 Å². The number of benzene rings is 1. The Kier molecular flexibility index (Phi) is 12.3. The van der Waals surface area contributed by atoms with Gasteiger partial charge in [-0.1, -0.05) is 77.1 Å². The minimum atomic E-state index is -2.44. The summed E-state index contributed by atoms with van der Waals surface area (Å²) in [5, 5.41) is 1.14. The molecule has 1 fully saturated rings. The van der Waals surface area contributed by atoms with Gasteiger partial charge in [-0.2, -0.15) is 0 Å². The monoisotopic (exact) mass is 654 g/mol. The van der Waals surface area contributed by atoms with E-state index in [1.807, 2.05) is 36.6 Å². The van der Waals surface area contributed by atoms with Crippen LogP contribution in [0.4, 0.5) is 0 Å². The van der Waals surface area contributed by atoms with E-state index in [1.54, 1.807) is 0 Å². The Labute approximate surface area is 273 Å². The fraction of sp³-hybridized carbons (Fsp3) is 0.595. The third-order valence-electron chi connectivity index (χ3n) is 10.4. The maximum atomic E-state index is 12.9. The molecule has 244 valence electrons. The summed E-state index contributed by atoms with van der Waals surface area (Å²) < 4.78 is 14.6. The lowest BCUT2D eigenvalue weighted by Gasteiger charge is -2.40. The van der Waals surface area contributed by atoms with E-state index in [0.717, 1.165) is 25.7 Å². The number of unbranched alkanes of at least 4 members (excludes halogenated alkanes) is 1. The molecular formula is C37H58O4SSi2. The smallest absolute Gasteiger partial charge is 0.306 e.